The molecule has 31 heavy (non-hydrogen) atoms. The maximum Gasteiger partial charge on any atom is 0.294 e. The van der Waals surface area contributed by atoms with Gasteiger partial charge in [0, 0.05) is 13.1 Å². The van der Waals surface area contributed by atoms with Crippen molar-refractivity contribution in [3.8, 4) is 5.75 Å². The molecule has 0 unspecified atom stereocenters. The Bertz CT molecular complexity index is 1000. The molecule has 0 atom stereocenters. The van der Waals surface area contributed by atoms with Gasteiger partial charge in [-0.2, -0.15) is 0 Å². The van der Waals surface area contributed by atoms with Crippen molar-refractivity contribution in [3.05, 3.63) is 70.6 Å². The lowest BCUT2D eigenvalue weighted by Gasteiger charge is -2.27. The molecule has 160 valence electrons. The molecule has 2 fully saturated rings. The van der Waals surface area contributed by atoms with Crippen molar-refractivity contribution in [1.29, 1.82) is 0 Å². The Labute approximate surface area is 185 Å². The van der Waals surface area contributed by atoms with Crippen LogP contribution in [0.15, 0.2) is 59.5 Å². The summed E-state index contributed by atoms with van der Waals surface area (Å²) >= 11 is 0.868. The van der Waals surface area contributed by atoms with E-state index < -0.39 is 11.1 Å². The second-order valence-electron chi connectivity index (χ2n) is 7.56. The molecule has 0 radical (unpaired) electrons. The Morgan fingerprint density at radius 2 is 1.77 bits per heavy atom. The highest BCUT2D eigenvalue weighted by Crippen LogP contribution is 2.32. The van der Waals surface area contributed by atoms with E-state index in [1.54, 1.807) is 11.0 Å². The van der Waals surface area contributed by atoms with Crippen LogP contribution in [0.3, 0.4) is 0 Å². The first kappa shape index (κ1) is 21.2. The predicted octanol–water partition coefficient (Wildman–Crippen LogP) is 4.31. The Balaban J connectivity index is 1.41. The fourth-order valence-electron chi connectivity index (χ4n) is 3.60. The summed E-state index contributed by atoms with van der Waals surface area (Å²) in [5.41, 5.74) is 1.82. The fraction of sp³-hybridized carbons (Fsp3) is 0.292. The van der Waals surface area contributed by atoms with Crippen molar-refractivity contribution < 1.29 is 19.1 Å². The van der Waals surface area contributed by atoms with E-state index >= 15 is 0 Å². The van der Waals surface area contributed by atoms with Crippen LogP contribution in [0.5, 0.6) is 5.75 Å². The van der Waals surface area contributed by atoms with Crippen LogP contribution in [0.25, 0.3) is 6.08 Å². The second-order valence-corrected chi connectivity index (χ2v) is 8.55. The Kier molecular flexibility index (Phi) is 6.72. The minimum absolute atomic E-state index is 0.167. The number of piperidine rings is 1. The summed E-state index contributed by atoms with van der Waals surface area (Å²) in [6.45, 7) is 1.64. The molecule has 6 nitrogen and oxygen atoms in total. The third-order valence-corrected chi connectivity index (χ3v) is 6.19. The topological polar surface area (TPSA) is 66.9 Å². The van der Waals surface area contributed by atoms with Crippen molar-refractivity contribution in [2.45, 2.75) is 25.9 Å². The van der Waals surface area contributed by atoms with Gasteiger partial charge in [-0.25, -0.2) is 0 Å². The van der Waals surface area contributed by atoms with Crippen LogP contribution in [0.2, 0.25) is 0 Å². The van der Waals surface area contributed by atoms with E-state index in [9.17, 15) is 14.4 Å². The molecule has 2 aromatic carbocycles. The van der Waals surface area contributed by atoms with Gasteiger partial charge in [-0.3, -0.25) is 19.3 Å². The number of ether oxygens (including phenoxy) is 1. The molecule has 7 heteroatoms. The van der Waals surface area contributed by atoms with Gasteiger partial charge in [0.15, 0.2) is 0 Å². The van der Waals surface area contributed by atoms with Gasteiger partial charge >= 0.3 is 0 Å². The summed E-state index contributed by atoms with van der Waals surface area (Å²) in [6, 6.07) is 17.2. The average molecular weight is 437 g/mol. The number of carbonyl (C=O) groups excluding carboxylic acids is 3. The molecule has 2 aromatic rings. The van der Waals surface area contributed by atoms with Crippen molar-refractivity contribution in [1.82, 2.24) is 9.80 Å². The fourth-order valence-corrected chi connectivity index (χ4v) is 4.44. The first-order chi connectivity index (χ1) is 15.1. The molecule has 2 heterocycles. The number of hydrogen-bond donors (Lipinski definition) is 0. The molecule has 0 saturated carbocycles. The quantitative estimate of drug-likeness (QED) is 0.631. The van der Waals surface area contributed by atoms with Gasteiger partial charge in [0.2, 0.25) is 5.91 Å². The molecule has 4 rings (SSSR count). The molecule has 2 saturated heterocycles. The zero-order valence-electron chi connectivity index (χ0n) is 17.2. The molecule has 2 aliphatic heterocycles. The SMILES string of the molecule is O=C(CN1C(=O)S/C(=C/c2cccc(OCc3ccccc3)c2)C1=O)N1CCCCC1. The molecule has 0 bridgehead atoms. The molecule has 3 amide bonds. The zero-order valence-corrected chi connectivity index (χ0v) is 18.0. The maximum absolute atomic E-state index is 12.7. The average Bonchev–Trinajstić information content (AvgIpc) is 3.06. The van der Waals surface area contributed by atoms with Crippen LogP contribution in [0.1, 0.15) is 30.4 Å². The van der Waals surface area contributed by atoms with Crippen LogP contribution in [-0.2, 0) is 16.2 Å². The van der Waals surface area contributed by atoms with Crippen molar-refractivity contribution in [2.24, 2.45) is 0 Å². The van der Waals surface area contributed by atoms with Gasteiger partial charge in [-0.05, 0) is 60.4 Å². The first-order valence-electron chi connectivity index (χ1n) is 10.4. The van der Waals surface area contributed by atoms with E-state index in [0.717, 1.165) is 47.1 Å². The monoisotopic (exact) mass is 436 g/mol. The number of nitrogens with zero attached hydrogens (tertiary/aromatic N) is 2. The number of amides is 3. The van der Waals surface area contributed by atoms with Gasteiger partial charge < -0.3 is 9.64 Å². The number of carbonyl (C=O) groups is 3. The summed E-state index contributed by atoms with van der Waals surface area (Å²) < 4.78 is 5.84. The smallest absolute Gasteiger partial charge is 0.294 e. The van der Waals surface area contributed by atoms with Crippen LogP contribution in [-0.4, -0.2) is 46.5 Å². The number of benzene rings is 2. The zero-order chi connectivity index (χ0) is 21.6. The standard InChI is InChI=1S/C24H24N2O4S/c27-22(25-12-5-2-6-13-25)16-26-23(28)21(31-24(26)29)15-19-10-7-11-20(14-19)30-17-18-8-3-1-4-9-18/h1,3-4,7-11,14-15H,2,5-6,12-13,16-17H2/b21-15+. The summed E-state index contributed by atoms with van der Waals surface area (Å²) in [6.07, 6.45) is 4.72. The molecular weight excluding hydrogens is 412 g/mol. The van der Waals surface area contributed by atoms with Gasteiger partial charge in [0.25, 0.3) is 11.1 Å². The Hall–Kier alpha value is -3.06. The first-order valence-corrected chi connectivity index (χ1v) is 11.2. The van der Waals surface area contributed by atoms with Gasteiger partial charge in [-0.1, -0.05) is 42.5 Å². The Morgan fingerprint density at radius 3 is 2.55 bits per heavy atom. The molecular formula is C24H24N2O4S. The van der Waals surface area contributed by atoms with Crippen LogP contribution in [0, 0.1) is 0 Å². The number of imide groups is 1. The number of likely N-dealkylation sites (tertiary alicyclic amines) is 1. The maximum atomic E-state index is 12.7. The van der Waals surface area contributed by atoms with Crippen molar-refractivity contribution in [3.63, 3.8) is 0 Å². The molecule has 2 aliphatic rings. The molecule has 0 aliphatic carbocycles. The van der Waals surface area contributed by atoms with Crippen LogP contribution < -0.4 is 4.74 Å². The second kappa shape index (κ2) is 9.83. The molecule has 0 spiro atoms. The minimum atomic E-state index is -0.420. The lowest BCUT2D eigenvalue weighted by atomic mass is 10.1. The number of rotatable bonds is 6. The largest absolute Gasteiger partial charge is 0.489 e. The highest BCUT2D eigenvalue weighted by atomic mass is 32.2. The molecule has 0 N–H and O–H groups in total. The van der Waals surface area contributed by atoms with Crippen molar-refractivity contribution in [2.75, 3.05) is 19.6 Å². The lowest BCUT2D eigenvalue weighted by Crippen LogP contribution is -2.44. The van der Waals surface area contributed by atoms with Crippen LogP contribution in [0.4, 0.5) is 4.79 Å². The van der Waals surface area contributed by atoms with E-state index in [0.29, 0.717) is 30.4 Å². The third kappa shape index (κ3) is 5.35. The van der Waals surface area contributed by atoms with Gasteiger partial charge in [0.05, 0.1) is 4.91 Å². The number of thioether (sulfide) groups is 1. The van der Waals surface area contributed by atoms with E-state index in [-0.39, 0.29) is 12.5 Å². The highest BCUT2D eigenvalue weighted by molar-refractivity contribution is 8.18. The highest BCUT2D eigenvalue weighted by Gasteiger charge is 2.37. The minimum Gasteiger partial charge on any atom is -0.489 e. The van der Waals surface area contributed by atoms with Gasteiger partial charge in [-0.15, -0.1) is 0 Å². The number of hydrogen-bond acceptors (Lipinski definition) is 5. The Morgan fingerprint density at radius 1 is 1.00 bits per heavy atom. The molecule has 0 aromatic heterocycles. The van der Waals surface area contributed by atoms with E-state index in [1.165, 1.54) is 0 Å². The third-order valence-electron chi connectivity index (χ3n) is 5.28. The van der Waals surface area contributed by atoms with Crippen molar-refractivity contribution >= 4 is 34.9 Å². The van der Waals surface area contributed by atoms with Gasteiger partial charge in [0.1, 0.15) is 18.9 Å². The summed E-state index contributed by atoms with van der Waals surface area (Å²) in [5, 5.41) is -0.405. The summed E-state index contributed by atoms with van der Waals surface area (Å²) in [7, 11) is 0. The van der Waals surface area contributed by atoms with E-state index in [2.05, 4.69) is 0 Å². The normalized spacial score (nSPS) is 18.0. The van der Waals surface area contributed by atoms with E-state index in [4.69, 9.17) is 4.74 Å². The predicted molar refractivity (Wildman–Crippen MR) is 120 cm³/mol. The van der Waals surface area contributed by atoms with E-state index in [1.807, 2.05) is 54.6 Å². The summed E-state index contributed by atoms with van der Waals surface area (Å²) in [5.74, 6) is 0.0904. The lowest BCUT2D eigenvalue weighted by molar-refractivity contribution is -0.136. The van der Waals surface area contributed by atoms with Crippen LogP contribution >= 0.6 is 11.8 Å². The summed E-state index contributed by atoms with van der Waals surface area (Å²) in [4.78, 5) is 40.7.